The lowest BCUT2D eigenvalue weighted by molar-refractivity contribution is 0.355. The molecule has 5 heteroatoms. The van der Waals surface area contributed by atoms with E-state index in [4.69, 9.17) is 23.6 Å². The Morgan fingerprint density at radius 3 is 2.33 bits per heavy atom. The quantitative estimate of drug-likeness (QED) is 0.433. The number of fused-ring (bicyclic) bond motifs is 1. The van der Waals surface area contributed by atoms with E-state index in [2.05, 4.69) is 13.0 Å². The monoisotopic (exact) mass is 401 g/mol. The second-order valence-corrected chi connectivity index (χ2v) is 6.88. The molecule has 0 atom stereocenters. The molecule has 0 amide bonds. The van der Waals surface area contributed by atoms with E-state index in [0.29, 0.717) is 17.3 Å². The highest BCUT2D eigenvalue weighted by Crippen LogP contribution is 2.33. The fraction of sp³-hybridized carbons (Fsp3) is 0.160. The van der Waals surface area contributed by atoms with Crippen LogP contribution in [0.25, 0.3) is 22.3 Å². The molecule has 3 aromatic carbocycles. The van der Waals surface area contributed by atoms with Gasteiger partial charge in [-0.3, -0.25) is 0 Å². The SMILES string of the molecule is COc1ccc2oc(-c3ccc(OC)c(OC)c3)cc(=Nc3cccc(C)c3)c2c1. The number of rotatable bonds is 5. The van der Waals surface area contributed by atoms with Crippen LogP contribution >= 0.6 is 0 Å². The van der Waals surface area contributed by atoms with Crippen molar-refractivity contribution in [2.24, 2.45) is 4.99 Å². The first-order valence-corrected chi connectivity index (χ1v) is 9.57. The predicted molar refractivity (Wildman–Crippen MR) is 118 cm³/mol. The zero-order valence-electron chi connectivity index (χ0n) is 17.4. The number of nitrogens with zero attached hydrogens (tertiary/aromatic N) is 1. The summed E-state index contributed by atoms with van der Waals surface area (Å²) in [5, 5.41) is 1.67. The molecule has 0 saturated heterocycles. The summed E-state index contributed by atoms with van der Waals surface area (Å²) in [6.45, 7) is 2.05. The fourth-order valence-corrected chi connectivity index (χ4v) is 3.34. The molecule has 0 bridgehead atoms. The van der Waals surface area contributed by atoms with Gasteiger partial charge in [0.2, 0.25) is 0 Å². The number of hydrogen-bond acceptors (Lipinski definition) is 5. The van der Waals surface area contributed by atoms with Crippen molar-refractivity contribution in [1.82, 2.24) is 0 Å². The maximum atomic E-state index is 6.21. The second kappa shape index (κ2) is 8.33. The standard InChI is InChI=1S/C25H23NO4/c1-16-6-5-7-18(12-16)26-21-15-24(17-8-10-23(28-3)25(13-17)29-4)30-22-11-9-19(27-2)14-20(21)22/h5-15H,1-4H3. The molecule has 152 valence electrons. The summed E-state index contributed by atoms with van der Waals surface area (Å²) in [4.78, 5) is 4.90. The Balaban J connectivity index is 1.97. The van der Waals surface area contributed by atoms with Crippen LogP contribution in [0.3, 0.4) is 0 Å². The Labute approximate surface area is 175 Å². The number of methoxy groups -OCH3 is 3. The van der Waals surface area contributed by atoms with E-state index in [1.54, 1.807) is 21.3 Å². The van der Waals surface area contributed by atoms with Gasteiger partial charge in [0.25, 0.3) is 0 Å². The van der Waals surface area contributed by atoms with E-state index >= 15 is 0 Å². The minimum Gasteiger partial charge on any atom is -0.497 e. The molecular formula is C25H23NO4. The second-order valence-electron chi connectivity index (χ2n) is 6.88. The largest absolute Gasteiger partial charge is 0.497 e. The topological polar surface area (TPSA) is 53.2 Å². The Bertz CT molecular complexity index is 1270. The molecule has 0 saturated carbocycles. The molecule has 5 nitrogen and oxygen atoms in total. The smallest absolute Gasteiger partial charge is 0.161 e. The van der Waals surface area contributed by atoms with E-state index in [1.807, 2.05) is 60.7 Å². The van der Waals surface area contributed by atoms with Gasteiger partial charge in [-0.25, -0.2) is 4.99 Å². The van der Waals surface area contributed by atoms with Crippen LogP contribution in [0.4, 0.5) is 5.69 Å². The Hall–Kier alpha value is -3.73. The highest BCUT2D eigenvalue weighted by atomic mass is 16.5. The van der Waals surface area contributed by atoms with Gasteiger partial charge in [-0.05, 0) is 61.0 Å². The van der Waals surface area contributed by atoms with Crippen molar-refractivity contribution in [3.8, 4) is 28.6 Å². The van der Waals surface area contributed by atoms with E-state index < -0.39 is 0 Å². The summed E-state index contributed by atoms with van der Waals surface area (Å²) in [5.74, 6) is 2.73. The van der Waals surface area contributed by atoms with Gasteiger partial charge in [0.05, 0.1) is 32.4 Å². The van der Waals surface area contributed by atoms with Crippen LogP contribution in [0.2, 0.25) is 0 Å². The van der Waals surface area contributed by atoms with Crippen molar-refractivity contribution in [3.05, 3.63) is 77.7 Å². The molecular weight excluding hydrogens is 378 g/mol. The van der Waals surface area contributed by atoms with Gasteiger partial charge < -0.3 is 18.6 Å². The minimum atomic E-state index is 0.636. The van der Waals surface area contributed by atoms with Crippen LogP contribution in [0.5, 0.6) is 17.2 Å². The van der Waals surface area contributed by atoms with Gasteiger partial charge in [-0.1, -0.05) is 12.1 Å². The van der Waals surface area contributed by atoms with Crippen LogP contribution in [0.15, 0.2) is 76.1 Å². The van der Waals surface area contributed by atoms with Crippen LogP contribution in [0, 0.1) is 6.92 Å². The summed E-state index contributed by atoms with van der Waals surface area (Å²) >= 11 is 0. The molecule has 0 fully saturated rings. The molecule has 0 radical (unpaired) electrons. The van der Waals surface area contributed by atoms with Crippen LogP contribution < -0.4 is 19.6 Å². The average molecular weight is 401 g/mol. The van der Waals surface area contributed by atoms with Gasteiger partial charge in [-0.15, -0.1) is 0 Å². The molecule has 4 aromatic rings. The summed E-state index contributed by atoms with van der Waals surface area (Å²) in [5.41, 5.74) is 3.61. The predicted octanol–water partition coefficient (Wildman–Crippen LogP) is 5.67. The highest BCUT2D eigenvalue weighted by Gasteiger charge is 2.11. The molecule has 1 aromatic heterocycles. The van der Waals surface area contributed by atoms with Gasteiger partial charge in [-0.2, -0.15) is 0 Å². The van der Waals surface area contributed by atoms with Gasteiger partial charge in [0.1, 0.15) is 17.1 Å². The maximum absolute atomic E-state index is 6.21. The van der Waals surface area contributed by atoms with Crippen molar-refractivity contribution in [2.45, 2.75) is 6.92 Å². The fourth-order valence-electron chi connectivity index (χ4n) is 3.34. The first kappa shape index (κ1) is 19.6. The molecule has 1 heterocycles. The summed E-state index contributed by atoms with van der Waals surface area (Å²) in [6.07, 6.45) is 0. The molecule has 0 aliphatic heterocycles. The summed E-state index contributed by atoms with van der Waals surface area (Å²) in [7, 11) is 4.88. The van der Waals surface area contributed by atoms with E-state index in [9.17, 15) is 0 Å². The molecule has 0 aliphatic rings. The molecule has 0 aliphatic carbocycles. The summed E-state index contributed by atoms with van der Waals surface area (Å²) < 4.78 is 22.4. The van der Waals surface area contributed by atoms with E-state index in [0.717, 1.165) is 38.9 Å². The zero-order valence-corrected chi connectivity index (χ0v) is 17.4. The number of ether oxygens (including phenoxy) is 3. The maximum Gasteiger partial charge on any atom is 0.161 e. The Morgan fingerprint density at radius 2 is 1.60 bits per heavy atom. The zero-order chi connectivity index (χ0) is 21.1. The molecule has 4 rings (SSSR count). The molecule has 0 spiro atoms. The van der Waals surface area contributed by atoms with Crippen molar-refractivity contribution in [1.29, 1.82) is 0 Å². The lowest BCUT2D eigenvalue weighted by atomic mass is 10.1. The lowest BCUT2D eigenvalue weighted by Gasteiger charge is -2.10. The van der Waals surface area contributed by atoms with E-state index in [-0.39, 0.29) is 0 Å². The van der Waals surface area contributed by atoms with Crippen molar-refractivity contribution >= 4 is 16.7 Å². The third kappa shape index (κ3) is 3.87. The number of aryl methyl sites for hydroxylation is 1. The van der Waals surface area contributed by atoms with Gasteiger partial charge >= 0.3 is 0 Å². The minimum absolute atomic E-state index is 0.636. The van der Waals surface area contributed by atoms with Crippen molar-refractivity contribution in [2.75, 3.05) is 21.3 Å². The molecule has 30 heavy (non-hydrogen) atoms. The van der Waals surface area contributed by atoms with Crippen LogP contribution in [-0.2, 0) is 0 Å². The van der Waals surface area contributed by atoms with E-state index in [1.165, 1.54) is 0 Å². The average Bonchev–Trinajstić information content (AvgIpc) is 2.78. The Kier molecular flexibility index (Phi) is 5.44. The Morgan fingerprint density at radius 1 is 0.767 bits per heavy atom. The van der Waals surface area contributed by atoms with Crippen LogP contribution in [-0.4, -0.2) is 21.3 Å². The molecule has 0 unspecified atom stereocenters. The number of benzene rings is 3. The summed E-state index contributed by atoms with van der Waals surface area (Å²) in [6, 6.07) is 21.4. The lowest BCUT2D eigenvalue weighted by Crippen LogP contribution is -2.04. The molecule has 0 N–H and O–H groups in total. The first-order valence-electron chi connectivity index (χ1n) is 9.57. The van der Waals surface area contributed by atoms with Crippen molar-refractivity contribution < 1.29 is 18.6 Å². The van der Waals surface area contributed by atoms with Crippen LogP contribution in [0.1, 0.15) is 5.56 Å². The third-order valence-corrected chi connectivity index (χ3v) is 4.87. The van der Waals surface area contributed by atoms with Gasteiger partial charge in [0.15, 0.2) is 11.5 Å². The normalized spacial score (nSPS) is 11.5. The first-order chi connectivity index (χ1) is 14.6. The number of hydrogen-bond donors (Lipinski definition) is 0. The van der Waals surface area contributed by atoms with Crippen molar-refractivity contribution in [3.63, 3.8) is 0 Å². The van der Waals surface area contributed by atoms with Gasteiger partial charge in [0, 0.05) is 17.0 Å². The third-order valence-electron chi connectivity index (χ3n) is 4.87. The highest BCUT2D eigenvalue weighted by molar-refractivity contribution is 5.80.